The van der Waals surface area contributed by atoms with Gasteiger partial charge in [0, 0.05) is 6.21 Å². The number of hydrogen-bond donors (Lipinski definition) is 1. The minimum absolute atomic E-state index is 0.511. The fourth-order valence-electron chi connectivity index (χ4n) is 1.70. The fraction of sp³-hybridized carbons (Fsp3) is 0.176. The van der Waals surface area contributed by atoms with Crippen LogP contribution in [0, 0.1) is 0 Å². The molecule has 2 rings (SSSR count). The number of aliphatic imine (C=N–C) groups is 1. The summed E-state index contributed by atoms with van der Waals surface area (Å²) in [5.41, 5.74) is 1.71. The van der Waals surface area contributed by atoms with Gasteiger partial charge in [-0.1, -0.05) is 0 Å². The Morgan fingerprint density at radius 2 is 1.68 bits per heavy atom. The fourth-order valence-corrected chi connectivity index (χ4v) is 1.70. The van der Waals surface area contributed by atoms with Gasteiger partial charge in [0.2, 0.25) is 0 Å². The lowest BCUT2D eigenvalue weighted by Crippen LogP contribution is -2.22. The second-order valence-corrected chi connectivity index (χ2v) is 4.62. The van der Waals surface area contributed by atoms with Crippen LogP contribution >= 0.6 is 0 Å². The number of rotatable bonds is 6. The predicted molar refractivity (Wildman–Crippen MR) is 84.4 cm³/mol. The number of benzene rings is 2. The highest BCUT2D eigenvalue weighted by molar-refractivity contribution is 5.82. The van der Waals surface area contributed by atoms with Crippen LogP contribution < -0.4 is 9.47 Å². The van der Waals surface area contributed by atoms with Gasteiger partial charge in [0.05, 0.1) is 12.8 Å². The Kier molecular flexibility index (Phi) is 5.14. The van der Waals surface area contributed by atoms with E-state index in [2.05, 4.69) is 4.99 Å². The van der Waals surface area contributed by atoms with E-state index in [0.717, 1.165) is 17.0 Å². The number of ether oxygens (including phenoxy) is 2. The molecule has 114 valence electrons. The molecule has 0 aliphatic carbocycles. The highest BCUT2D eigenvalue weighted by atomic mass is 16.5. The molecule has 0 radical (unpaired) electrons. The summed E-state index contributed by atoms with van der Waals surface area (Å²) >= 11 is 0. The Labute approximate surface area is 128 Å². The van der Waals surface area contributed by atoms with Crippen molar-refractivity contribution in [2.75, 3.05) is 7.11 Å². The first-order chi connectivity index (χ1) is 10.6. The normalized spacial score (nSPS) is 12.1. The Balaban J connectivity index is 2.00. The molecule has 5 nitrogen and oxygen atoms in total. The van der Waals surface area contributed by atoms with Crippen LogP contribution in [-0.4, -0.2) is 30.5 Å². The molecule has 0 saturated carbocycles. The number of carboxylic acids is 1. The number of carbonyl (C=O) groups is 1. The molecule has 0 aliphatic heterocycles. The van der Waals surface area contributed by atoms with E-state index in [0.29, 0.717) is 5.75 Å². The van der Waals surface area contributed by atoms with Gasteiger partial charge in [-0.05, 0) is 61.0 Å². The van der Waals surface area contributed by atoms with Crippen molar-refractivity contribution in [2.45, 2.75) is 13.0 Å². The van der Waals surface area contributed by atoms with E-state index in [1.165, 1.54) is 6.92 Å². The van der Waals surface area contributed by atoms with Crippen molar-refractivity contribution < 1.29 is 19.4 Å². The first-order valence-corrected chi connectivity index (χ1v) is 6.76. The molecule has 5 heteroatoms. The Morgan fingerprint density at radius 3 is 2.23 bits per heavy atom. The van der Waals surface area contributed by atoms with E-state index in [-0.39, 0.29) is 0 Å². The smallest absolute Gasteiger partial charge is 0.344 e. The summed E-state index contributed by atoms with van der Waals surface area (Å²) in [7, 11) is 1.62. The minimum atomic E-state index is -0.995. The maximum atomic E-state index is 10.7. The number of nitrogens with zero attached hydrogens (tertiary/aromatic N) is 1. The molecular weight excluding hydrogens is 282 g/mol. The average molecular weight is 299 g/mol. The third kappa shape index (κ3) is 4.34. The molecular formula is C17H17NO4. The van der Waals surface area contributed by atoms with Crippen LogP contribution in [0.2, 0.25) is 0 Å². The largest absolute Gasteiger partial charge is 0.497 e. The van der Waals surface area contributed by atoms with Gasteiger partial charge in [-0.2, -0.15) is 0 Å². The lowest BCUT2D eigenvalue weighted by molar-refractivity contribution is -0.144. The van der Waals surface area contributed by atoms with Crippen LogP contribution in [0.5, 0.6) is 11.5 Å². The lowest BCUT2D eigenvalue weighted by atomic mass is 10.2. The van der Waals surface area contributed by atoms with Gasteiger partial charge in [-0.3, -0.25) is 4.99 Å². The Hall–Kier alpha value is -2.82. The van der Waals surface area contributed by atoms with Crippen molar-refractivity contribution in [3.05, 3.63) is 54.1 Å². The van der Waals surface area contributed by atoms with Crippen molar-refractivity contribution in [3.63, 3.8) is 0 Å². The number of aliphatic carboxylic acids is 1. The quantitative estimate of drug-likeness (QED) is 0.831. The van der Waals surface area contributed by atoms with E-state index in [1.54, 1.807) is 25.5 Å². The van der Waals surface area contributed by atoms with Gasteiger partial charge in [-0.15, -0.1) is 0 Å². The molecule has 2 aromatic carbocycles. The SMILES string of the molecule is COc1ccc(N=Cc2ccc(O[C@H](C)C(=O)O)cc2)cc1. The van der Waals surface area contributed by atoms with Crippen LogP contribution in [-0.2, 0) is 4.79 Å². The molecule has 22 heavy (non-hydrogen) atoms. The molecule has 1 atom stereocenters. The zero-order valence-corrected chi connectivity index (χ0v) is 12.4. The van der Waals surface area contributed by atoms with E-state index < -0.39 is 12.1 Å². The van der Waals surface area contributed by atoms with Crippen LogP contribution in [0.25, 0.3) is 0 Å². The van der Waals surface area contributed by atoms with Crippen LogP contribution in [0.4, 0.5) is 5.69 Å². The minimum Gasteiger partial charge on any atom is -0.497 e. The van der Waals surface area contributed by atoms with Crippen molar-refractivity contribution >= 4 is 17.9 Å². The zero-order valence-electron chi connectivity index (χ0n) is 12.4. The van der Waals surface area contributed by atoms with Gasteiger partial charge in [-0.25, -0.2) is 4.79 Å². The Bertz CT molecular complexity index is 647. The topological polar surface area (TPSA) is 68.1 Å². The van der Waals surface area contributed by atoms with Crippen LogP contribution in [0.1, 0.15) is 12.5 Å². The molecule has 0 unspecified atom stereocenters. The molecule has 1 N–H and O–H groups in total. The summed E-state index contributed by atoms with van der Waals surface area (Å²) in [6.45, 7) is 1.49. The summed E-state index contributed by atoms with van der Waals surface area (Å²) < 4.78 is 10.3. The summed E-state index contributed by atoms with van der Waals surface area (Å²) in [4.78, 5) is 15.1. The molecule has 0 saturated heterocycles. The number of methoxy groups -OCH3 is 1. The molecule has 0 aromatic heterocycles. The Morgan fingerprint density at radius 1 is 1.09 bits per heavy atom. The molecule has 2 aromatic rings. The van der Waals surface area contributed by atoms with Crippen molar-refractivity contribution in [3.8, 4) is 11.5 Å². The molecule has 0 bridgehead atoms. The third-order valence-electron chi connectivity index (χ3n) is 2.98. The summed E-state index contributed by atoms with van der Waals surface area (Å²) in [5.74, 6) is 0.301. The van der Waals surface area contributed by atoms with E-state index >= 15 is 0 Å². The number of carboxylic acid groups (broad SMARTS) is 1. The summed E-state index contributed by atoms with van der Waals surface area (Å²) in [5, 5.41) is 8.79. The van der Waals surface area contributed by atoms with Crippen molar-refractivity contribution in [2.24, 2.45) is 4.99 Å². The lowest BCUT2D eigenvalue weighted by Gasteiger charge is -2.09. The van der Waals surface area contributed by atoms with Gasteiger partial charge >= 0.3 is 5.97 Å². The van der Waals surface area contributed by atoms with Crippen molar-refractivity contribution in [1.82, 2.24) is 0 Å². The molecule has 0 spiro atoms. The van der Waals surface area contributed by atoms with Gasteiger partial charge in [0.25, 0.3) is 0 Å². The third-order valence-corrected chi connectivity index (χ3v) is 2.98. The number of hydrogen-bond acceptors (Lipinski definition) is 4. The van der Waals surface area contributed by atoms with Crippen molar-refractivity contribution in [1.29, 1.82) is 0 Å². The second kappa shape index (κ2) is 7.26. The summed E-state index contributed by atoms with van der Waals surface area (Å²) in [6.07, 6.45) is 0.852. The zero-order chi connectivity index (χ0) is 15.9. The molecule has 0 aliphatic rings. The van der Waals surface area contributed by atoms with Gasteiger partial charge in [0.1, 0.15) is 11.5 Å². The highest BCUT2D eigenvalue weighted by Gasteiger charge is 2.11. The maximum absolute atomic E-state index is 10.7. The predicted octanol–water partition coefficient (Wildman–Crippen LogP) is 3.30. The monoisotopic (exact) mass is 299 g/mol. The van der Waals surface area contributed by atoms with Gasteiger partial charge < -0.3 is 14.6 Å². The van der Waals surface area contributed by atoms with E-state index in [1.807, 2.05) is 36.4 Å². The highest BCUT2D eigenvalue weighted by Crippen LogP contribution is 2.18. The average Bonchev–Trinajstić information content (AvgIpc) is 2.54. The second-order valence-electron chi connectivity index (χ2n) is 4.62. The standard InChI is InChI=1S/C17H17NO4/c1-12(17(19)20)22-16-7-3-13(4-8-16)11-18-14-5-9-15(21-2)10-6-14/h3-12H,1-2H3,(H,19,20)/t12-/m1/s1. The maximum Gasteiger partial charge on any atom is 0.344 e. The molecule has 0 amide bonds. The van der Waals surface area contributed by atoms with E-state index in [9.17, 15) is 4.79 Å². The molecule has 0 heterocycles. The molecule has 0 fully saturated rings. The van der Waals surface area contributed by atoms with Crippen LogP contribution in [0.15, 0.2) is 53.5 Å². The first kappa shape index (κ1) is 15.6. The van der Waals surface area contributed by atoms with E-state index in [4.69, 9.17) is 14.6 Å². The van der Waals surface area contributed by atoms with Gasteiger partial charge in [0.15, 0.2) is 6.10 Å². The summed E-state index contributed by atoms with van der Waals surface area (Å²) in [6, 6.07) is 14.5. The van der Waals surface area contributed by atoms with Crippen LogP contribution in [0.3, 0.4) is 0 Å². The first-order valence-electron chi connectivity index (χ1n) is 6.76.